The molecule has 0 atom stereocenters. The Bertz CT molecular complexity index is 157. The topological polar surface area (TPSA) is 32.7 Å². The summed E-state index contributed by atoms with van der Waals surface area (Å²) in [6.07, 6.45) is 0.854. The van der Waals surface area contributed by atoms with Crippen LogP contribution in [0.5, 0.6) is 0 Å². The number of aliphatic imine (C=N–C) groups is 1. The number of carbonyl (C=O) groups excluding carboxylic acids is 1. The van der Waals surface area contributed by atoms with Crippen LogP contribution in [-0.4, -0.2) is 30.2 Å². The highest BCUT2D eigenvalue weighted by Crippen LogP contribution is 2.04. The molecule has 3 nitrogen and oxygen atoms in total. The highest BCUT2D eigenvalue weighted by atomic mass is 19.3. The summed E-state index contributed by atoms with van der Waals surface area (Å²) >= 11 is 0. The van der Waals surface area contributed by atoms with E-state index in [0.717, 1.165) is 6.34 Å². The number of hydrogen-bond donors (Lipinski definition) is 0. The first-order valence-corrected chi connectivity index (χ1v) is 2.31. The molecule has 0 unspecified atom stereocenters. The van der Waals surface area contributed by atoms with Crippen LogP contribution in [0.4, 0.5) is 8.78 Å². The van der Waals surface area contributed by atoms with Gasteiger partial charge in [-0.25, -0.2) is 4.90 Å². The average molecular weight is 134 g/mol. The summed E-state index contributed by atoms with van der Waals surface area (Å²) < 4.78 is 23.2. The van der Waals surface area contributed by atoms with Crippen molar-refractivity contribution in [3.63, 3.8) is 0 Å². The molecule has 50 valence electrons. The maximum Gasteiger partial charge on any atom is 0.322 e. The van der Waals surface area contributed by atoms with E-state index in [1.165, 1.54) is 0 Å². The molecule has 0 saturated heterocycles. The molecule has 5 heteroatoms. The van der Waals surface area contributed by atoms with Gasteiger partial charge in [0.25, 0.3) is 5.91 Å². The molecule has 1 amide bonds. The number of amides is 1. The average Bonchev–Trinajstić information content (AvgIpc) is 2.13. The Morgan fingerprint density at radius 1 is 1.78 bits per heavy atom. The molecule has 0 radical (unpaired) electrons. The molecule has 1 heterocycles. The zero-order valence-corrected chi connectivity index (χ0v) is 4.42. The summed E-state index contributed by atoms with van der Waals surface area (Å²) in [7, 11) is 0. The predicted octanol–water partition coefficient (Wildman–Crippen LogP) is 0.0795. The van der Waals surface area contributed by atoms with Crippen LogP contribution >= 0.6 is 0 Å². The minimum absolute atomic E-state index is 0.148. The third-order valence-electron chi connectivity index (χ3n) is 0.931. The number of rotatable bonds is 1. The lowest BCUT2D eigenvalue weighted by Gasteiger charge is -2.08. The van der Waals surface area contributed by atoms with Crippen LogP contribution in [0.3, 0.4) is 0 Å². The van der Waals surface area contributed by atoms with Crippen LogP contribution in [0, 0.1) is 0 Å². The molecule has 0 bridgehead atoms. The minimum Gasteiger partial charge on any atom is -0.272 e. The third-order valence-corrected chi connectivity index (χ3v) is 0.931. The molecule has 0 spiro atoms. The van der Waals surface area contributed by atoms with Gasteiger partial charge in [0.1, 0.15) is 6.54 Å². The number of alkyl halides is 2. The molecule has 0 aromatic carbocycles. The van der Waals surface area contributed by atoms with Gasteiger partial charge in [0.15, 0.2) is 0 Å². The molecular weight excluding hydrogens is 130 g/mol. The van der Waals surface area contributed by atoms with Crippen LogP contribution < -0.4 is 0 Å². The van der Waals surface area contributed by atoms with E-state index < -0.39 is 12.5 Å². The van der Waals surface area contributed by atoms with Crippen LogP contribution in [0.2, 0.25) is 0 Å². The lowest BCUT2D eigenvalue weighted by atomic mass is 10.6. The first kappa shape index (κ1) is 6.12. The lowest BCUT2D eigenvalue weighted by Crippen LogP contribution is -2.30. The first-order chi connectivity index (χ1) is 4.22. The van der Waals surface area contributed by atoms with Crippen molar-refractivity contribution in [3.05, 3.63) is 0 Å². The van der Waals surface area contributed by atoms with E-state index in [4.69, 9.17) is 0 Å². The largest absolute Gasteiger partial charge is 0.322 e. The molecule has 0 aromatic heterocycles. The summed E-state index contributed by atoms with van der Waals surface area (Å²) in [6, 6.07) is 0. The van der Waals surface area contributed by atoms with Gasteiger partial charge >= 0.3 is 6.55 Å². The number of carbonyl (C=O) groups is 1. The van der Waals surface area contributed by atoms with E-state index in [2.05, 4.69) is 4.99 Å². The van der Waals surface area contributed by atoms with Gasteiger partial charge in [0.05, 0.1) is 6.34 Å². The van der Waals surface area contributed by atoms with Crippen molar-refractivity contribution < 1.29 is 13.6 Å². The van der Waals surface area contributed by atoms with Crippen LogP contribution in [0.25, 0.3) is 0 Å². The summed E-state index contributed by atoms with van der Waals surface area (Å²) in [6.45, 7) is -2.90. The fraction of sp³-hybridized carbons (Fsp3) is 0.500. The standard InChI is InChI=1S/C4H4F2N2O/c5-4(6)8-2-7-1-3(8)9/h2,4H,1H2. The van der Waals surface area contributed by atoms with E-state index >= 15 is 0 Å². The van der Waals surface area contributed by atoms with Crippen molar-refractivity contribution in [2.75, 3.05) is 6.54 Å². The molecule has 0 aromatic rings. The Kier molecular flexibility index (Phi) is 1.42. The van der Waals surface area contributed by atoms with E-state index in [9.17, 15) is 13.6 Å². The number of halogens is 2. The first-order valence-electron chi connectivity index (χ1n) is 2.31. The van der Waals surface area contributed by atoms with Crippen LogP contribution in [0.15, 0.2) is 4.99 Å². The zero-order valence-electron chi connectivity index (χ0n) is 4.42. The maximum absolute atomic E-state index is 11.6. The Labute approximate surface area is 50.0 Å². The Morgan fingerprint density at radius 3 is 2.67 bits per heavy atom. The van der Waals surface area contributed by atoms with Crippen molar-refractivity contribution in [2.24, 2.45) is 4.99 Å². The van der Waals surface area contributed by atoms with Gasteiger partial charge in [-0.3, -0.25) is 9.79 Å². The van der Waals surface area contributed by atoms with Crippen LogP contribution in [-0.2, 0) is 4.79 Å². The summed E-state index contributed by atoms with van der Waals surface area (Å²) in [5, 5.41) is 0. The predicted molar refractivity (Wildman–Crippen MR) is 26.2 cm³/mol. The zero-order chi connectivity index (χ0) is 6.85. The maximum atomic E-state index is 11.6. The molecule has 0 saturated carbocycles. The van der Waals surface area contributed by atoms with E-state index in [-0.39, 0.29) is 6.54 Å². The van der Waals surface area contributed by atoms with Crippen LogP contribution in [0.1, 0.15) is 0 Å². The van der Waals surface area contributed by atoms with Crippen molar-refractivity contribution in [1.29, 1.82) is 0 Å². The van der Waals surface area contributed by atoms with Gasteiger partial charge in [-0.1, -0.05) is 0 Å². The quantitative estimate of drug-likeness (QED) is 0.467. The molecule has 1 aliphatic heterocycles. The second-order valence-electron chi connectivity index (χ2n) is 1.53. The normalized spacial score (nSPS) is 18.1. The second kappa shape index (κ2) is 2.08. The number of nitrogens with zero attached hydrogens (tertiary/aromatic N) is 2. The Balaban J connectivity index is 2.59. The molecule has 9 heavy (non-hydrogen) atoms. The highest BCUT2D eigenvalue weighted by molar-refractivity contribution is 5.93. The van der Waals surface area contributed by atoms with Gasteiger partial charge < -0.3 is 0 Å². The van der Waals surface area contributed by atoms with E-state index in [1.54, 1.807) is 0 Å². The van der Waals surface area contributed by atoms with Gasteiger partial charge in [0, 0.05) is 0 Å². The van der Waals surface area contributed by atoms with Crippen molar-refractivity contribution in [1.82, 2.24) is 4.90 Å². The highest BCUT2D eigenvalue weighted by Gasteiger charge is 2.23. The third kappa shape index (κ3) is 1.04. The van der Waals surface area contributed by atoms with Crippen molar-refractivity contribution in [2.45, 2.75) is 6.55 Å². The smallest absolute Gasteiger partial charge is 0.272 e. The molecule has 1 rings (SSSR count). The SMILES string of the molecule is O=C1CN=CN1C(F)F. The van der Waals surface area contributed by atoms with Gasteiger partial charge in [-0.05, 0) is 0 Å². The fourth-order valence-electron chi connectivity index (χ4n) is 0.512. The van der Waals surface area contributed by atoms with E-state index in [0.29, 0.717) is 4.90 Å². The van der Waals surface area contributed by atoms with Crippen molar-refractivity contribution in [3.8, 4) is 0 Å². The summed E-state index contributed by atoms with van der Waals surface area (Å²) in [5.41, 5.74) is 0. The minimum atomic E-state index is -2.75. The molecular formula is C4H4F2N2O. The lowest BCUT2D eigenvalue weighted by molar-refractivity contribution is -0.133. The second-order valence-corrected chi connectivity index (χ2v) is 1.53. The summed E-state index contributed by atoms with van der Waals surface area (Å²) in [5.74, 6) is -0.648. The molecule has 0 N–H and O–H groups in total. The van der Waals surface area contributed by atoms with Crippen molar-refractivity contribution >= 4 is 12.2 Å². The van der Waals surface area contributed by atoms with Gasteiger partial charge in [-0.15, -0.1) is 0 Å². The molecule has 0 aliphatic carbocycles. The molecule has 1 aliphatic rings. The Hall–Kier alpha value is -1.00. The summed E-state index contributed by atoms with van der Waals surface area (Å²) in [4.78, 5) is 14.0. The Morgan fingerprint density at radius 2 is 2.44 bits per heavy atom. The fourth-order valence-corrected chi connectivity index (χ4v) is 0.512. The number of hydrogen-bond acceptors (Lipinski definition) is 2. The monoisotopic (exact) mass is 134 g/mol. The van der Waals surface area contributed by atoms with E-state index in [1.807, 2.05) is 0 Å². The van der Waals surface area contributed by atoms with Gasteiger partial charge in [0.2, 0.25) is 0 Å². The van der Waals surface area contributed by atoms with Gasteiger partial charge in [-0.2, -0.15) is 8.78 Å². The molecule has 0 fully saturated rings.